The Labute approximate surface area is 148 Å². The number of nitrogens with one attached hydrogen (secondary N) is 1. The number of hydrogen-bond donors (Lipinski definition) is 1. The first-order valence-corrected chi connectivity index (χ1v) is 7.70. The van der Waals surface area contributed by atoms with Crippen LogP contribution in [0, 0.1) is 10.1 Å². The van der Waals surface area contributed by atoms with Gasteiger partial charge >= 0.3 is 0 Å². The van der Waals surface area contributed by atoms with E-state index in [1.807, 2.05) is 30.3 Å². The number of hydrogen-bond acceptors (Lipinski definition) is 6. The van der Waals surface area contributed by atoms with Gasteiger partial charge in [-0.3, -0.25) is 14.9 Å². The molecule has 1 N–H and O–H groups in total. The van der Waals surface area contributed by atoms with Gasteiger partial charge in [0.05, 0.1) is 11.5 Å². The van der Waals surface area contributed by atoms with E-state index < -0.39 is 4.92 Å². The number of aromatic nitrogens is 2. The number of amides is 1. The molecule has 0 unspecified atom stereocenters. The fourth-order valence-corrected chi connectivity index (χ4v) is 2.16. The first-order valence-electron chi connectivity index (χ1n) is 7.70. The summed E-state index contributed by atoms with van der Waals surface area (Å²) < 4.78 is 5.06. The summed E-state index contributed by atoms with van der Waals surface area (Å²) in [6.07, 6.45) is 3.10. The van der Waals surface area contributed by atoms with Crippen LogP contribution in [0.4, 0.5) is 5.69 Å². The molecule has 0 aliphatic rings. The van der Waals surface area contributed by atoms with E-state index in [4.69, 9.17) is 4.52 Å². The molecule has 1 amide bonds. The van der Waals surface area contributed by atoms with Crippen LogP contribution in [0.3, 0.4) is 0 Å². The topological polar surface area (TPSA) is 111 Å². The zero-order valence-corrected chi connectivity index (χ0v) is 13.5. The quantitative estimate of drug-likeness (QED) is 0.415. The lowest BCUT2D eigenvalue weighted by molar-refractivity contribution is -0.384. The summed E-state index contributed by atoms with van der Waals surface area (Å²) in [6.45, 7) is 0.0554. The van der Waals surface area contributed by atoms with Crippen LogP contribution in [0.25, 0.3) is 17.5 Å². The highest BCUT2D eigenvalue weighted by atomic mass is 16.6. The highest BCUT2D eigenvalue weighted by molar-refractivity contribution is 5.91. The van der Waals surface area contributed by atoms with Crippen LogP contribution >= 0.6 is 0 Å². The third kappa shape index (κ3) is 4.38. The van der Waals surface area contributed by atoms with Gasteiger partial charge in [-0.2, -0.15) is 4.98 Å². The summed E-state index contributed by atoms with van der Waals surface area (Å²) in [5.41, 5.74) is 1.31. The largest absolute Gasteiger partial charge is 0.343 e. The zero-order chi connectivity index (χ0) is 18.4. The normalized spacial score (nSPS) is 10.8. The van der Waals surface area contributed by atoms with Gasteiger partial charge in [-0.1, -0.05) is 47.6 Å². The lowest BCUT2D eigenvalue weighted by atomic mass is 10.2. The molecule has 2 aromatic carbocycles. The van der Waals surface area contributed by atoms with Crippen molar-refractivity contribution in [3.05, 3.63) is 82.2 Å². The Morgan fingerprint density at radius 3 is 2.77 bits per heavy atom. The minimum atomic E-state index is -0.496. The van der Waals surface area contributed by atoms with Gasteiger partial charge in [0.25, 0.3) is 5.69 Å². The second kappa shape index (κ2) is 7.84. The van der Waals surface area contributed by atoms with Gasteiger partial charge in [-0.05, 0) is 11.6 Å². The van der Waals surface area contributed by atoms with Crippen molar-refractivity contribution in [3.63, 3.8) is 0 Å². The molecule has 0 aliphatic carbocycles. The van der Waals surface area contributed by atoms with Crippen LogP contribution in [0.5, 0.6) is 0 Å². The number of rotatable bonds is 6. The van der Waals surface area contributed by atoms with Crippen molar-refractivity contribution in [1.29, 1.82) is 0 Å². The molecule has 0 saturated carbocycles. The summed E-state index contributed by atoms with van der Waals surface area (Å²) in [4.78, 5) is 26.3. The highest BCUT2D eigenvalue weighted by Gasteiger charge is 2.12. The van der Waals surface area contributed by atoms with Crippen LogP contribution in [0.1, 0.15) is 11.5 Å². The number of nitro benzene ring substituents is 1. The average molecular weight is 350 g/mol. The molecule has 3 rings (SSSR count). The molecule has 1 heterocycles. The first kappa shape index (κ1) is 17.0. The Morgan fingerprint density at radius 1 is 1.19 bits per heavy atom. The first-order chi connectivity index (χ1) is 12.6. The van der Waals surface area contributed by atoms with E-state index in [9.17, 15) is 14.9 Å². The van der Waals surface area contributed by atoms with Crippen LogP contribution < -0.4 is 5.32 Å². The summed E-state index contributed by atoms with van der Waals surface area (Å²) in [6, 6.07) is 15.3. The van der Waals surface area contributed by atoms with Crippen molar-refractivity contribution in [1.82, 2.24) is 15.5 Å². The Balaban J connectivity index is 1.60. The third-order valence-corrected chi connectivity index (χ3v) is 3.42. The number of nitro groups is 1. The molecule has 8 nitrogen and oxygen atoms in total. The summed E-state index contributed by atoms with van der Waals surface area (Å²) >= 11 is 0. The standard InChI is InChI=1S/C18H14N4O4/c23-16(10-9-13-5-2-1-3-6-13)19-12-17-20-18(21-26-17)14-7-4-8-15(11-14)22(24)25/h1-11H,12H2,(H,19,23)/b10-9+. The summed E-state index contributed by atoms with van der Waals surface area (Å²) in [7, 11) is 0. The smallest absolute Gasteiger partial charge is 0.270 e. The number of benzene rings is 2. The molecule has 0 spiro atoms. The fraction of sp³-hybridized carbons (Fsp3) is 0.0556. The summed E-state index contributed by atoms with van der Waals surface area (Å²) in [5, 5.41) is 17.2. The maximum absolute atomic E-state index is 11.8. The number of carbonyl (C=O) groups is 1. The Bertz CT molecular complexity index is 951. The van der Waals surface area contributed by atoms with E-state index in [0.717, 1.165) is 5.56 Å². The van der Waals surface area contributed by atoms with E-state index in [1.54, 1.807) is 18.2 Å². The molecule has 8 heteroatoms. The van der Waals surface area contributed by atoms with Gasteiger partial charge < -0.3 is 9.84 Å². The molecular weight excluding hydrogens is 336 g/mol. The van der Waals surface area contributed by atoms with Crippen molar-refractivity contribution in [3.8, 4) is 11.4 Å². The molecule has 0 atom stereocenters. The second-order valence-corrected chi connectivity index (χ2v) is 5.28. The van der Waals surface area contributed by atoms with Crippen molar-refractivity contribution in [2.75, 3.05) is 0 Å². The monoisotopic (exact) mass is 350 g/mol. The average Bonchev–Trinajstić information content (AvgIpc) is 3.15. The predicted molar refractivity (Wildman–Crippen MR) is 93.7 cm³/mol. The molecule has 0 aliphatic heterocycles. The molecular formula is C18H14N4O4. The van der Waals surface area contributed by atoms with Crippen LogP contribution in [-0.4, -0.2) is 21.0 Å². The van der Waals surface area contributed by atoms with Crippen molar-refractivity contribution in [2.24, 2.45) is 0 Å². The molecule has 0 bridgehead atoms. The van der Waals surface area contributed by atoms with E-state index in [1.165, 1.54) is 18.2 Å². The molecule has 0 radical (unpaired) electrons. The third-order valence-electron chi connectivity index (χ3n) is 3.42. The Kier molecular flexibility index (Phi) is 5.14. The minimum absolute atomic E-state index is 0.0554. The SMILES string of the molecule is O=C(/C=C/c1ccccc1)NCc1nc(-c2cccc([N+](=O)[O-])c2)no1. The Hall–Kier alpha value is -3.81. The van der Waals surface area contributed by atoms with Crippen LogP contribution in [0.15, 0.2) is 65.2 Å². The number of nitrogens with zero attached hydrogens (tertiary/aromatic N) is 3. The van der Waals surface area contributed by atoms with E-state index >= 15 is 0 Å². The molecule has 0 saturated heterocycles. The number of non-ortho nitro benzene ring substituents is 1. The molecule has 1 aromatic heterocycles. The molecule has 130 valence electrons. The number of carbonyl (C=O) groups excluding carboxylic acids is 1. The predicted octanol–water partition coefficient (Wildman–Crippen LogP) is 2.97. The second-order valence-electron chi connectivity index (χ2n) is 5.28. The van der Waals surface area contributed by atoms with Crippen LogP contribution in [0.2, 0.25) is 0 Å². The van der Waals surface area contributed by atoms with Gasteiger partial charge in [0.2, 0.25) is 17.6 Å². The molecule has 26 heavy (non-hydrogen) atoms. The van der Waals surface area contributed by atoms with Gasteiger partial charge in [-0.15, -0.1) is 0 Å². The van der Waals surface area contributed by atoms with Crippen molar-refractivity contribution in [2.45, 2.75) is 6.54 Å². The minimum Gasteiger partial charge on any atom is -0.343 e. The molecule has 3 aromatic rings. The lowest BCUT2D eigenvalue weighted by Crippen LogP contribution is -2.20. The van der Waals surface area contributed by atoms with E-state index in [2.05, 4.69) is 15.5 Å². The fourth-order valence-electron chi connectivity index (χ4n) is 2.16. The van der Waals surface area contributed by atoms with E-state index in [0.29, 0.717) is 5.56 Å². The lowest BCUT2D eigenvalue weighted by Gasteiger charge is -1.97. The van der Waals surface area contributed by atoms with Gasteiger partial charge in [-0.25, -0.2) is 0 Å². The highest BCUT2D eigenvalue weighted by Crippen LogP contribution is 2.21. The van der Waals surface area contributed by atoms with Crippen LogP contribution in [-0.2, 0) is 11.3 Å². The Morgan fingerprint density at radius 2 is 2.00 bits per heavy atom. The molecule has 0 fully saturated rings. The van der Waals surface area contributed by atoms with Crippen molar-refractivity contribution < 1.29 is 14.2 Å². The van der Waals surface area contributed by atoms with Gasteiger partial charge in [0, 0.05) is 23.8 Å². The maximum atomic E-state index is 11.8. The zero-order valence-electron chi connectivity index (χ0n) is 13.5. The van der Waals surface area contributed by atoms with Gasteiger partial charge in [0.15, 0.2) is 0 Å². The van der Waals surface area contributed by atoms with Crippen molar-refractivity contribution >= 4 is 17.7 Å². The van der Waals surface area contributed by atoms with Gasteiger partial charge in [0.1, 0.15) is 0 Å². The summed E-state index contributed by atoms with van der Waals surface area (Å²) in [5.74, 6) is 0.120. The van der Waals surface area contributed by atoms with E-state index in [-0.39, 0.29) is 29.9 Å². The maximum Gasteiger partial charge on any atom is 0.270 e.